The molecule has 5 heteroatoms. The van der Waals surface area contributed by atoms with E-state index >= 15 is 0 Å². The van der Waals surface area contributed by atoms with E-state index in [9.17, 15) is 9.90 Å². The van der Waals surface area contributed by atoms with E-state index < -0.39 is 0 Å². The van der Waals surface area contributed by atoms with Crippen LogP contribution in [-0.2, 0) is 11.3 Å². The van der Waals surface area contributed by atoms with Crippen LogP contribution in [0.3, 0.4) is 0 Å². The van der Waals surface area contributed by atoms with Crippen molar-refractivity contribution in [1.29, 1.82) is 0 Å². The van der Waals surface area contributed by atoms with Crippen LogP contribution >= 0.6 is 0 Å². The van der Waals surface area contributed by atoms with Gasteiger partial charge < -0.3 is 14.7 Å². The fourth-order valence-corrected chi connectivity index (χ4v) is 2.75. The summed E-state index contributed by atoms with van der Waals surface area (Å²) in [5.74, 6) is 1.18. The lowest BCUT2D eigenvalue weighted by molar-refractivity contribution is -0.132. The van der Waals surface area contributed by atoms with Crippen LogP contribution in [0.5, 0.6) is 5.75 Å². The molecule has 0 saturated carbocycles. The summed E-state index contributed by atoms with van der Waals surface area (Å²) in [6.07, 6.45) is 0.603. The van der Waals surface area contributed by atoms with Crippen molar-refractivity contribution >= 4 is 5.91 Å². The maximum absolute atomic E-state index is 12.4. The predicted molar refractivity (Wildman–Crippen MR) is 85.7 cm³/mol. The maximum atomic E-state index is 12.4. The summed E-state index contributed by atoms with van der Waals surface area (Å²) < 4.78 is 5.32. The molecule has 1 amide bonds. The Morgan fingerprint density at radius 3 is 2.86 bits per heavy atom. The number of β-amino-alcohol motifs (C(OH)–C–C–N with tert-alkyl or cyclic N) is 1. The van der Waals surface area contributed by atoms with E-state index in [2.05, 4.69) is 6.92 Å². The zero-order chi connectivity index (χ0) is 16.1. The second-order valence-electron chi connectivity index (χ2n) is 6.13. The van der Waals surface area contributed by atoms with E-state index in [0.29, 0.717) is 25.6 Å². The molecule has 5 nitrogen and oxygen atoms in total. The topological polar surface area (TPSA) is 53.0 Å². The molecule has 1 aromatic rings. The molecule has 2 unspecified atom stereocenters. The summed E-state index contributed by atoms with van der Waals surface area (Å²) in [4.78, 5) is 16.1. The van der Waals surface area contributed by atoms with Crippen LogP contribution in [0, 0.1) is 5.92 Å². The molecule has 1 aliphatic heterocycles. The molecule has 0 bridgehead atoms. The number of likely N-dealkylation sites (tertiary alicyclic amines) is 1. The fourth-order valence-electron chi connectivity index (χ4n) is 2.75. The third-order valence-electron chi connectivity index (χ3n) is 4.39. The number of benzene rings is 1. The van der Waals surface area contributed by atoms with Crippen molar-refractivity contribution in [3.8, 4) is 5.75 Å². The Kier molecular flexibility index (Phi) is 5.80. The minimum Gasteiger partial charge on any atom is -0.496 e. The van der Waals surface area contributed by atoms with Crippen molar-refractivity contribution < 1.29 is 14.6 Å². The van der Waals surface area contributed by atoms with Crippen LogP contribution in [0.15, 0.2) is 24.3 Å². The van der Waals surface area contributed by atoms with Crippen molar-refractivity contribution in [1.82, 2.24) is 9.80 Å². The number of likely N-dealkylation sites (N-methyl/N-ethyl adjacent to an activating group) is 1. The second kappa shape index (κ2) is 7.61. The van der Waals surface area contributed by atoms with Gasteiger partial charge in [-0.25, -0.2) is 0 Å². The van der Waals surface area contributed by atoms with Crippen LogP contribution in [-0.4, -0.2) is 60.7 Å². The van der Waals surface area contributed by atoms with Gasteiger partial charge in [0.25, 0.3) is 0 Å². The number of piperidine rings is 1. The Labute approximate surface area is 132 Å². The molecule has 122 valence electrons. The van der Waals surface area contributed by atoms with Crippen LogP contribution in [0.1, 0.15) is 18.9 Å². The number of amides is 1. The van der Waals surface area contributed by atoms with Gasteiger partial charge in [0.2, 0.25) is 5.91 Å². The van der Waals surface area contributed by atoms with Crippen LogP contribution < -0.4 is 4.74 Å². The average Bonchev–Trinajstić information content (AvgIpc) is 2.51. The zero-order valence-corrected chi connectivity index (χ0v) is 13.7. The quantitative estimate of drug-likeness (QED) is 0.892. The largest absolute Gasteiger partial charge is 0.496 e. The molecule has 1 saturated heterocycles. The summed E-state index contributed by atoms with van der Waals surface area (Å²) in [5, 5.41) is 9.92. The first kappa shape index (κ1) is 16.8. The van der Waals surface area contributed by atoms with Gasteiger partial charge in [-0.2, -0.15) is 0 Å². The number of carbonyl (C=O) groups excluding carboxylic acids is 1. The number of rotatable bonds is 5. The van der Waals surface area contributed by atoms with E-state index in [1.54, 1.807) is 19.1 Å². The summed E-state index contributed by atoms with van der Waals surface area (Å²) in [6.45, 7) is 4.38. The molecular weight excluding hydrogens is 280 g/mol. The molecular formula is C17H26N2O3. The normalized spacial score (nSPS) is 22.4. The van der Waals surface area contributed by atoms with Gasteiger partial charge in [-0.15, -0.1) is 0 Å². The van der Waals surface area contributed by atoms with E-state index in [0.717, 1.165) is 24.3 Å². The molecule has 0 aromatic heterocycles. The molecule has 1 N–H and O–H groups in total. The van der Waals surface area contributed by atoms with Crippen molar-refractivity contribution in [3.63, 3.8) is 0 Å². The molecule has 1 aromatic carbocycles. The number of hydrogen-bond donors (Lipinski definition) is 1. The number of methoxy groups -OCH3 is 1. The first-order valence-electron chi connectivity index (χ1n) is 7.77. The minimum absolute atomic E-state index is 0.0626. The van der Waals surface area contributed by atoms with Crippen molar-refractivity contribution in [2.45, 2.75) is 26.0 Å². The molecule has 1 fully saturated rings. The van der Waals surface area contributed by atoms with Crippen LogP contribution in [0.25, 0.3) is 0 Å². The lowest BCUT2D eigenvalue weighted by atomic mass is 9.96. The molecule has 22 heavy (non-hydrogen) atoms. The number of ether oxygens (including phenoxy) is 1. The summed E-state index contributed by atoms with van der Waals surface area (Å²) in [7, 11) is 3.44. The Bertz CT molecular complexity index is 506. The first-order chi connectivity index (χ1) is 10.5. The maximum Gasteiger partial charge on any atom is 0.236 e. The third kappa shape index (κ3) is 4.21. The second-order valence-corrected chi connectivity index (χ2v) is 6.13. The Morgan fingerprint density at radius 1 is 1.45 bits per heavy atom. The smallest absolute Gasteiger partial charge is 0.236 e. The van der Waals surface area contributed by atoms with Crippen molar-refractivity contribution in [3.05, 3.63) is 29.8 Å². The first-order valence-corrected chi connectivity index (χ1v) is 7.77. The highest BCUT2D eigenvalue weighted by Crippen LogP contribution is 2.20. The number of aliphatic hydroxyl groups is 1. The predicted octanol–water partition coefficient (Wildman–Crippen LogP) is 1.36. The van der Waals surface area contributed by atoms with Crippen LogP contribution in [0.2, 0.25) is 0 Å². The monoisotopic (exact) mass is 306 g/mol. The lowest BCUT2D eigenvalue weighted by Crippen LogP contribution is -2.47. The molecule has 0 radical (unpaired) electrons. The number of aliphatic hydroxyl groups excluding tert-OH is 1. The van der Waals surface area contributed by atoms with Gasteiger partial charge in [0.1, 0.15) is 5.75 Å². The number of para-hydroxylation sites is 1. The number of carbonyl (C=O) groups is 1. The van der Waals surface area contributed by atoms with Gasteiger partial charge in [-0.3, -0.25) is 9.69 Å². The van der Waals surface area contributed by atoms with E-state index in [1.807, 2.05) is 29.2 Å². The van der Waals surface area contributed by atoms with Gasteiger partial charge >= 0.3 is 0 Å². The molecule has 2 atom stereocenters. The van der Waals surface area contributed by atoms with Gasteiger partial charge in [0.15, 0.2) is 0 Å². The zero-order valence-electron chi connectivity index (χ0n) is 13.7. The van der Waals surface area contributed by atoms with Gasteiger partial charge in [0.05, 0.1) is 19.8 Å². The third-order valence-corrected chi connectivity index (χ3v) is 4.39. The SMILES string of the molecule is COc1ccccc1CN(C)C(=O)CN1CCC(C)C(O)C1. The average molecular weight is 306 g/mol. The fraction of sp³-hybridized carbons (Fsp3) is 0.588. The summed E-state index contributed by atoms with van der Waals surface area (Å²) >= 11 is 0. The summed E-state index contributed by atoms with van der Waals surface area (Å²) in [5.41, 5.74) is 0.994. The summed E-state index contributed by atoms with van der Waals surface area (Å²) in [6, 6.07) is 7.73. The van der Waals surface area contributed by atoms with Gasteiger partial charge in [0, 0.05) is 25.7 Å². The highest BCUT2D eigenvalue weighted by atomic mass is 16.5. The molecule has 2 rings (SSSR count). The Morgan fingerprint density at radius 2 is 2.18 bits per heavy atom. The van der Waals surface area contributed by atoms with Crippen molar-refractivity contribution in [2.75, 3.05) is 33.8 Å². The lowest BCUT2D eigenvalue weighted by Gasteiger charge is -2.34. The molecule has 1 aliphatic rings. The van der Waals surface area contributed by atoms with E-state index in [4.69, 9.17) is 4.74 Å². The highest BCUT2D eigenvalue weighted by Gasteiger charge is 2.26. The molecule has 0 aliphatic carbocycles. The number of hydrogen-bond acceptors (Lipinski definition) is 4. The molecule has 0 spiro atoms. The standard InChI is InChI=1S/C17H26N2O3/c1-13-8-9-19(11-15(13)20)12-17(21)18(2)10-14-6-4-5-7-16(14)22-3/h4-7,13,15,20H,8-12H2,1-3H3. The van der Waals surface area contributed by atoms with Gasteiger partial charge in [-0.05, 0) is 24.9 Å². The number of nitrogens with zero attached hydrogens (tertiary/aromatic N) is 2. The Hall–Kier alpha value is -1.59. The van der Waals surface area contributed by atoms with E-state index in [1.165, 1.54) is 0 Å². The Balaban J connectivity index is 1.89. The van der Waals surface area contributed by atoms with Crippen LogP contribution in [0.4, 0.5) is 0 Å². The minimum atomic E-state index is -0.332. The highest BCUT2D eigenvalue weighted by molar-refractivity contribution is 5.78. The van der Waals surface area contributed by atoms with Crippen molar-refractivity contribution in [2.24, 2.45) is 5.92 Å². The van der Waals surface area contributed by atoms with Gasteiger partial charge in [-0.1, -0.05) is 25.1 Å². The van der Waals surface area contributed by atoms with E-state index in [-0.39, 0.29) is 12.0 Å². The molecule has 1 heterocycles.